The predicted octanol–water partition coefficient (Wildman–Crippen LogP) is 3.69. The molecule has 28 heavy (non-hydrogen) atoms. The van der Waals surface area contributed by atoms with Gasteiger partial charge in [-0.1, -0.05) is 11.3 Å². The molecule has 1 aromatic carbocycles. The summed E-state index contributed by atoms with van der Waals surface area (Å²) in [4.78, 5) is 19.2. The first-order chi connectivity index (χ1) is 13.4. The highest BCUT2D eigenvalue weighted by atomic mass is 32.1. The highest BCUT2D eigenvalue weighted by Crippen LogP contribution is 2.35. The fraction of sp³-hybridized carbons (Fsp3) is 0.300. The molecule has 3 heterocycles. The number of hydrogen-bond donors (Lipinski definition) is 1. The van der Waals surface area contributed by atoms with Crippen molar-refractivity contribution >= 4 is 32.7 Å². The summed E-state index contributed by atoms with van der Waals surface area (Å²) in [5, 5.41) is 10.3. The Morgan fingerprint density at radius 2 is 1.89 bits per heavy atom. The Hall–Kier alpha value is -2.84. The molecule has 4 rings (SSSR count). The monoisotopic (exact) mass is 396 g/mol. The van der Waals surface area contributed by atoms with Gasteiger partial charge in [0, 0.05) is 11.6 Å². The summed E-state index contributed by atoms with van der Waals surface area (Å²) in [6, 6.07) is 5.88. The number of pyridine rings is 1. The van der Waals surface area contributed by atoms with E-state index in [1.54, 1.807) is 20.2 Å². The molecule has 0 amide bonds. The van der Waals surface area contributed by atoms with Crippen molar-refractivity contribution in [2.45, 2.75) is 26.9 Å². The first-order valence-electron chi connectivity index (χ1n) is 8.85. The van der Waals surface area contributed by atoms with E-state index in [9.17, 15) is 5.11 Å². The van der Waals surface area contributed by atoms with E-state index >= 15 is 0 Å². The van der Waals surface area contributed by atoms with Crippen molar-refractivity contribution in [1.29, 1.82) is 0 Å². The summed E-state index contributed by atoms with van der Waals surface area (Å²) < 4.78 is 10.8. The number of aryl methyl sites for hydroxylation is 2. The summed E-state index contributed by atoms with van der Waals surface area (Å²) in [5.41, 5.74) is 5.32. The second-order valence-corrected chi connectivity index (χ2v) is 7.68. The number of hydrogen-bond acceptors (Lipinski definition) is 8. The Labute approximate surface area is 166 Å². The van der Waals surface area contributed by atoms with Crippen molar-refractivity contribution in [3.63, 3.8) is 0 Å². The quantitative estimate of drug-likeness (QED) is 0.550. The Morgan fingerprint density at radius 3 is 2.64 bits per heavy atom. The minimum Gasteiger partial charge on any atom is -0.480 e. The van der Waals surface area contributed by atoms with Gasteiger partial charge in [-0.2, -0.15) is 0 Å². The second-order valence-electron chi connectivity index (χ2n) is 6.70. The minimum absolute atomic E-state index is 0.198. The van der Waals surface area contributed by atoms with Gasteiger partial charge in [0.2, 0.25) is 11.8 Å². The molecule has 0 fully saturated rings. The molecule has 4 aromatic rings. The second kappa shape index (κ2) is 7.29. The zero-order chi connectivity index (χ0) is 19.8. The van der Waals surface area contributed by atoms with Gasteiger partial charge in [0.15, 0.2) is 0 Å². The van der Waals surface area contributed by atoms with E-state index in [1.165, 1.54) is 11.3 Å². The van der Waals surface area contributed by atoms with Crippen LogP contribution in [0, 0.1) is 13.8 Å². The smallest absolute Gasteiger partial charge is 0.232 e. The summed E-state index contributed by atoms with van der Waals surface area (Å²) >= 11 is 1.48. The molecule has 0 radical (unpaired) electrons. The topological polar surface area (TPSA) is 90.3 Å². The first kappa shape index (κ1) is 18.5. The molecule has 0 saturated heterocycles. The lowest BCUT2D eigenvalue weighted by Gasteiger charge is -2.07. The number of aliphatic hydroxyl groups excluding tert-OH is 1. The van der Waals surface area contributed by atoms with Crippen LogP contribution in [0.4, 0.5) is 0 Å². The van der Waals surface area contributed by atoms with Gasteiger partial charge in [-0.25, -0.2) is 19.9 Å². The molecule has 0 aliphatic rings. The molecule has 1 atom stereocenters. The molecule has 0 spiro atoms. The molecule has 0 saturated carbocycles. The van der Waals surface area contributed by atoms with Crippen LogP contribution in [0.25, 0.3) is 32.0 Å². The molecule has 0 aliphatic heterocycles. The van der Waals surface area contributed by atoms with E-state index < -0.39 is 6.10 Å². The zero-order valence-electron chi connectivity index (χ0n) is 16.1. The average Bonchev–Trinajstić information content (AvgIpc) is 3.09. The van der Waals surface area contributed by atoms with Crippen molar-refractivity contribution in [2.24, 2.45) is 0 Å². The number of aliphatic hydroxyl groups is 1. The largest absolute Gasteiger partial charge is 0.480 e. The maximum absolute atomic E-state index is 9.43. The van der Waals surface area contributed by atoms with Gasteiger partial charge in [-0.3, -0.25) is 0 Å². The van der Waals surface area contributed by atoms with E-state index in [2.05, 4.69) is 21.0 Å². The molecule has 0 aliphatic carbocycles. The third kappa shape index (κ3) is 3.48. The van der Waals surface area contributed by atoms with Crippen LogP contribution in [0.15, 0.2) is 24.4 Å². The van der Waals surface area contributed by atoms with Gasteiger partial charge in [0.05, 0.1) is 30.4 Å². The van der Waals surface area contributed by atoms with Crippen LogP contribution in [0.1, 0.15) is 18.1 Å². The van der Waals surface area contributed by atoms with E-state index in [-0.39, 0.29) is 6.61 Å². The van der Waals surface area contributed by atoms with Crippen molar-refractivity contribution in [3.05, 3.63) is 35.5 Å². The normalized spacial score (nSPS) is 12.5. The summed E-state index contributed by atoms with van der Waals surface area (Å²) in [5.74, 6) is 0.963. The highest BCUT2D eigenvalue weighted by molar-refractivity contribution is 7.21. The Morgan fingerprint density at radius 1 is 1.07 bits per heavy atom. The van der Waals surface area contributed by atoms with E-state index in [1.807, 2.05) is 26.0 Å². The molecule has 3 aromatic heterocycles. The fourth-order valence-corrected chi connectivity index (χ4v) is 3.96. The number of aromatic nitrogens is 4. The van der Waals surface area contributed by atoms with Crippen molar-refractivity contribution < 1.29 is 14.6 Å². The van der Waals surface area contributed by atoms with Crippen LogP contribution in [-0.4, -0.2) is 44.9 Å². The van der Waals surface area contributed by atoms with Crippen molar-refractivity contribution in [1.82, 2.24) is 19.9 Å². The van der Waals surface area contributed by atoms with Gasteiger partial charge < -0.3 is 14.6 Å². The Kier molecular flexibility index (Phi) is 4.82. The number of methoxy groups -OCH3 is 1. The number of fused-ring (bicyclic) bond motifs is 2. The molecule has 1 N–H and O–H groups in total. The third-order valence-corrected chi connectivity index (χ3v) is 5.20. The summed E-state index contributed by atoms with van der Waals surface area (Å²) in [7, 11) is 1.58. The number of rotatable bonds is 5. The van der Waals surface area contributed by atoms with Crippen LogP contribution in [0.5, 0.6) is 11.8 Å². The molecule has 1 unspecified atom stereocenters. The summed E-state index contributed by atoms with van der Waals surface area (Å²) in [6.45, 7) is 5.86. The van der Waals surface area contributed by atoms with Crippen LogP contribution in [0.3, 0.4) is 0 Å². The minimum atomic E-state index is -0.552. The van der Waals surface area contributed by atoms with Crippen molar-refractivity contribution in [3.8, 4) is 22.3 Å². The number of thiazole rings is 1. The SMILES string of the molecule is COc1cnc2c(-c3nc4c(C)cc(OCC(C)O)nc4s3)cc(C)cc2n1. The molecule has 8 heteroatoms. The number of nitrogens with zero attached hydrogens (tertiary/aromatic N) is 4. The lowest BCUT2D eigenvalue weighted by Crippen LogP contribution is -2.13. The van der Waals surface area contributed by atoms with Crippen LogP contribution in [0.2, 0.25) is 0 Å². The van der Waals surface area contributed by atoms with Gasteiger partial charge in [0.25, 0.3) is 0 Å². The standard InChI is InChI=1S/C20H20N4O3S/c1-10-5-13(18-14(6-10)22-16(26-4)8-21-18)19-24-17-11(2)7-15(23-20(17)28-19)27-9-12(3)25/h5-8,12,25H,9H2,1-4H3. The van der Waals surface area contributed by atoms with Crippen LogP contribution < -0.4 is 9.47 Å². The number of benzene rings is 1. The summed E-state index contributed by atoms with van der Waals surface area (Å²) in [6.07, 6.45) is 1.06. The highest BCUT2D eigenvalue weighted by Gasteiger charge is 2.16. The van der Waals surface area contributed by atoms with Gasteiger partial charge in [-0.15, -0.1) is 0 Å². The van der Waals surface area contributed by atoms with Crippen molar-refractivity contribution in [2.75, 3.05) is 13.7 Å². The van der Waals surface area contributed by atoms with Crippen LogP contribution >= 0.6 is 11.3 Å². The molecule has 0 bridgehead atoms. The Bertz CT molecular complexity index is 1170. The molecule has 144 valence electrons. The maximum atomic E-state index is 9.43. The molecular weight excluding hydrogens is 376 g/mol. The fourth-order valence-electron chi connectivity index (χ4n) is 2.94. The first-order valence-corrected chi connectivity index (χ1v) is 9.67. The van der Waals surface area contributed by atoms with Gasteiger partial charge >= 0.3 is 0 Å². The maximum Gasteiger partial charge on any atom is 0.232 e. The number of ether oxygens (including phenoxy) is 2. The Balaban J connectivity index is 1.84. The zero-order valence-corrected chi connectivity index (χ0v) is 16.9. The van der Waals surface area contributed by atoms with Gasteiger partial charge in [0.1, 0.15) is 22.0 Å². The molecule has 7 nitrogen and oxygen atoms in total. The van der Waals surface area contributed by atoms with E-state index in [0.29, 0.717) is 11.8 Å². The lowest BCUT2D eigenvalue weighted by molar-refractivity contribution is 0.120. The lowest BCUT2D eigenvalue weighted by atomic mass is 10.1. The average molecular weight is 396 g/mol. The van der Waals surface area contributed by atoms with Crippen LogP contribution in [-0.2, 0) is 0 Å². The third-order valence-electron chi connectivity index (χ3n) is 4.22. The van der Waals surface area contributed by atoms with E-state index in [0.717, 1.165) is 43.1 Å². The van der Waals surface area contributed by atoms with E-state index in [4.69, 9.17) is 14.5 Å². The van der Waals surface area contributed by atoms with Gasteiger partial charge in [-0.05, 0) is 44.0 Å². The molecular formula is C20H20N4O3S. The predicted molar refractivity (Wildman–Crippen MR) is 109 cm³/mol.